The molecule has 12 aromatic rings. The van der Waals surface area contributed by atoms with Crippen molar-refractivity contribution in [2.75, 3.05) is 0 Å². The quantitative estimate of drug-likeness (QED) is 0.161. The maximum absolute atomic E-state index is 5.31. The first-order valence-corrected chi connectivity index (χ1v) is 21.4. The van der Waals surface area contributed by atoms with Crippen LogP contribution in [0.15, 0.2) is 218 Å². The summed E-state index contributed by atoms with van der Waals surface area (Å²) in [4.78, 5) is 15.7. The number of benzene rings is 9. The van der Waals surface area contributed by atoms with Gasteiger partial charge in [0.25, 0.3) is 0 Å². The minimum absolute atomic E-state index is 0.605. The predicted octanol–water partition coefficient (Wildman–Crippen LogP) is 14.7. The van der Waals surface area contributed by atoms with Gasteiger partial charge in [-0.05, 0) is 77.2 Å². The zero-order valence-corrected chi connectivity index (χ0v) is 34.5. The molecule has 0 fully saturated rings. The molecule has 0 unspecified atom stereocenters. The van der Waals surface area contributed by atoms with E-state index < -0.39 is 0 Å². The topological polar surface area (TPSA) is 48.5 Å². The summed E-state index contributed by atoms with van der Waals surface area (Å²) in [6, 6.07) is 77.4. The predicted molar refractivity (Wildman–Crippen MR) is 260 cm³/mol. The highest BCUT2D eigenvalue weighted by atomic mass is 15.0. The molecule has 0 aliphatic heterocycles. The number of nitrogens with zero attached hydrogens (tertiary/aromatic N) is 5. The van der Waals surface area contributed by atoms with E-state index in [1.165, 1.54) is 38.1 Å². The molecule has 9 aromatic carbocycles. The molecule has 0 bridgehead atoms. The Morgan fingerprint density at radius 3 is 1.35 bits per heavy atom. The Kier molecular flexibility index (Phi) is 8.64. The van der Waals surface area contributed by atoms with Gasteiger partial charge in [0.05, 0.1) is 22.1 Å². The van der Waals surface area contributed by atoms with E-state index >= 15 is 0 Å². The second-order valence-corrected chi connectivity index (χ2v) is 16.1. The van der Waals surface area contributed by atoms with Gasteiger partial charge in [0.15, 0.2) is 17.5 Å². The minimum atomic E-state index is 0.605. The van der Waals surface area contributed by atoms with E-state index in [1.54, 1.807) is 0 Å². The first-order chi connectivity index (χ1) is 31.1. The van der Waals surface area contributed by atoms with Crippen LogP contribution in [0.5, 0.6) is 0 Å². The monoisotopic (exact) mass is 805 g/mol. The zero-order chi connectivity index (χ0) is 41.9. The van der Waals surface area contributed by atoms with Gasteiger partial charge in [-0.15, -0.1) is 0 Å². The summed E-state index contributed by atoms with van der Waals surface area (Å²) in [5.41, 5.74) is 15.2. The number of rotatable bonds is 7. The first-order valence-electron chi connectivity index (χ1n) is 21.4. The van der Waals surface area contributed by atoms with E-state index in [2.05, 4.69) is 210 Å². The fourth-order valence-electron chi connectivity index (χ4n) is 9.24. The van der Waals surface area contributed by atoms with Crippen LogP contribution in [0.1, 0.15) is 5.56 Å². The molecule has 0 spiro atoms. The van der Waals surface area contributed by atoms with Crippen molar-refractivity contribution >= 4 is 43.6 Å². The van der Waals surface area contributed by atoms with E-state index in [0.717, 1.165) is 61.4 Å². The van der Waals surface area contributed by atoms with Crippen LogP contribution in [0.2, 0.25) is 0 Å². The fraction of sp³-hybridized carbons (Fsp3) is 0.0172. The van der Waals surface area contributed by atoms with Crippen molar-refractivity contribution in [3.63, 3.8) is 0 Å². The molecule has 296 valence electrons. The van der Waals surface area contributed by atoms with Gasteiger partial charge >= 0.3 is 0 Å². The van der Waals surface area contributed by atoms with Gasteiger partial charge in [0.1, 0.15) is 0 Å². The van der Waals surface area contributed by atoms with Crippen molar-refractivity contribution in [3.05, 3.63) is 224 Å². The number of aryl methyl sites for hydroxylation is 1. The van der Waals surface area contributed by atoms with Crippen LogP contribution >= 0.6 is 0 Å². The standard InChI is InChI=1S/C58H39N5/c1-38-25-32-49-47-21-11-14-24-53(47)63(54(49)35-38)45-31-34-50-48-22-12-13-23-52(48)62(55(50)37-45)44-30-33-46(41-17-7-3-8-18-41)51(36-44)58-60-56(42-19-9-4-10-20-42)59-57(61-58)43-28-26-40(27-29-43)39-15-5-2-6-16-39/h2-37H,1H3. The summed E-state index contributed by atoms with van der Waals surface area (Å²) in [7, 11) is 0. The van der Waals surface area contributed by atoms with Gasteiger partial charge in [-0.2, -0.15) is 0 Å². The molecule has 0 amide bonds. The van der Waals surface area contributed by atoms with Crippen molar-refractivity contribution < 1.29 is 0 Å². The molecule has 0 aliphatic carbocycles. The molecule has 3 aromatic heterocycles. The molecule has 3 heterocycles. The average molecular weight is 806 g/mol. The molecular formula is C58H39N5. The third kappa shape index (κ3) is 6.29. The molecule has 0 atom stereocenters. The Balaban J connectivity index is 1.09. The van der Waals surface area contributed by atoms with Crippen molar-refractivity contribution in [2.24, 2.45) is 0 Å². The molecule has 0 aliphatic rings. The second-order valence-electron chi connectivity index (χ2n) is 16.1. The molecule has 0 saturated heterocycles. The highest BCUT2D eigenvalue weighted by molar-refractivity contribution is 6.12. The SMILES string of the molecule is Cc1ccc2c3ccccc3n(-c3ccc4c5ccccc5n(-c5ccc(-c6ccccc6)c(-c6nc(-c7ccccc7)nc(-c7ccc(-c8ccccc8)cc7)n6)c5)c4c3)c2c1. The Morgan fingerprint density at radius 2 is 0.714 bits per heavy atom. The summed E-state index contributed by atoms with van der Waals surface area (Å²) < 4.78 is 4.81. The van der Waals surface area contributed by atoms with E-state index in [1.807, 2.05) is 24.3 Å². The highest BCUT2D eigenvalue weighted by Gasteiger charge is 2.21. The van der Waals surface area contributed by atoms with Gasteiger partial charge in [-0.25, -0.2) is 15.0 Å². The van der Waals surface area contributed by atoms with E-state index in [-0.39, 0.29) is 0 Å². The molecule has 63 heavy (non-hydrogen) atoms. The van der Waals surface area contributed by atoms with Crippen LogP contribution in [-0.4, -0.2) is 24.1 Å². The summed E-state index contributed by atoms with van der Waals surface area (Å²) in [5.74, 6) is 1.84. The number of fused-ring (bicyclic) bond motifs is 6. The van der Waals surface area contributed by atoms with Gasteiger partial charge in [-0.3, -0.25) is 0 Å². The zero-order valence-electron chi connectivity index (χ0n) is 34.5. The number of aromatic nitrogens is 5. The fourth-order valence-corrected chi connectivity index (χ4v) is 9.24. The van der Waals surface area contributed by atoms with Crippen LogP contribution < -0.4 is 0 Å². The van der Waals surface area contributed by atoms with Crippen LogP contribution in [0.25, 0.3) is 111 Å². The summed E-state index contributed by atoms with van der Waals surface area (Å²) in [6.45, 7) is 2.17. The number of hydrogen-bond donors (Lipinski definition) is 0. The lowest BCUT2D eigenvalue weighted by atomic mass is 9.98. The van der Waals surface area contributed by atoms with Crippen molar-refractivity contribution in [1.29, 1.82) is 0 Å². The van der Waals surface area contributed by atoms with Crippen LogP contribution in [0.4, 0.5) is 0 Å². The van der Waals surface area contributed by atoms with Crippen molar-refractivity contribution in [2.45, 2.75) is 6.92 Å². The Labute approximate surface area is 364 Å². The van der Waals surface area contributed by atoms with E-state index in [4.69, 9.17) is 15.0 Å². The Hall–Kier alpha value is -8.41. The average Bonchev–Trinajstić information content (AvgIpc) is 3.86. The smallest absolute Gasteiger partial charge is 0.164 e. The largest absolute Gasteiger partial charge is 0.309 e. The van der Waals surface area contributed by atoms with Crippen LogP contribution in [0, 0.1) is 6.92 Å². The second kappa shape index (κ2) is 14.9. The lowest BCUT2D eigenvalue weighted by Gasteiger charge is -2.16. The molecular weight excluding hydrogens is 767 g/mol. The lowest BCUT2D eigenvalue weighted by molar-refractivity contribution is 1.07. The molecule has 5 heteroatoms. The molecule has 12 rings (SSSR count). The normalized spacial score (nSPS) is 11.6. The van der Waals surface area contributed by atoms with E-state index in [0.29, 0.717) is 17.5 Å². The third-order valence-corrected chi connectivity index (χ3v) is 12.2. The number of para-hydroxylation sites is 2. The van der Waals surface area contributed by atoms with Gasteiger partial charge in [0, 0.05) is 49.6 Å². The Bertz CT molecular complexity index is 3660. The summed E-state index contributed by atoms with van der Waals surface area (Å²) in [6.07, 6.45) is 0. The molecule has 5 nitrogen and oxygen atoms in total. The Morgan fingerprint density at radius 1 is 0.286 bits per heavy atom. The highest BCUT2D eigenvalue weighted by Crippen LogP contribution is 2.40. The van der Waals surface area contributed by atoms with Crippen LogP contribution in [-0.2, 0) is 0 Å². The van der Waals surface area contributed by atoms with Gasteiger partial charge in [0.2, 0.25) is 0 Å². The maximum Gasteiger partial charge on any atom is 0.164 e. The first kappa shape index (κ1) is 36.4. The maximum atomic E-state index is 5.31. The van der Waals surface area contributed by atoms with E-state index in [9.17, 15) is 0 Å². The van der Waals surface area contributed by atoms with Crippen LogP contribution in [0.3, 0.4) is 0 Å². The summed E-state index contributed by atoms with van der Waals surface area (Å²) in [5, 5.41) is 4.87. The minimum Gasteiger partial charge on any atom is -0.309 e. The van der Waals surface area contributed by atoms with Gasteiger partial charge in [-0.1, -0.05) is 176 Å². The molecule has 0 saturated carbocycles. The van der Waals surface area contributed by atoms with Crippen molar-refractivity contribution in [1.82, 2.24) is 24.1 Å². The summed E-state index contributed by atoms with van der Waals surface area (Å²) >= 11 is 0. The number of hydrogen-bond acceptors (Lipinski definition) is 3. The lowest BCUT2D eigenvalue weighted by Crippen LogP contribution is -2.02. The molecule has 0 N–H and O–H groups in total. The third-order valence-electron chi connectivity index (χ3n) is 12.2. The van der Waals surface area contributed by atoms with Gasteiger partial charge < -0.3 is 9.13 Å². The van der Waals surface area contributed by atoms with Crippen molar-refractivity contribution in [3.8, 4) is 67.8 Å². The molecule has 0 radical (unpaired) electrons.